The predicted octanol–water partition coefficient (Wildman–Crippen LogP) is 5.50. The van der Waals surface area contributed by atoms with Gasteiger partial charge in [-0.05, 0) is 63.1 Å². The van der Waals surface area contributed by atoms with Crippen molar-refractivity contribution >= 4 is 50.7 Å². The van der Waals surface area contributed by atoms with Crippen LogP contribution < -0.4 is 9.62 Å². The summed E-state index contributed by atoms with van der Waals surface area (Å²) in [5.74, 6) is -1.29. The molecule has 2 amide bonds. The third-order valence-electron chi connectivity index (χ3n) is 5.38. The molecule has 1 unspecified atom stereocenters. The first-order valence-electron chi connectivity index (χ1n) is 11.5. The Morgan fingerprint density at radius 2 is 1.68 bits per heavy atom. The topological polar surface area (TPSA) is 86.8 Å². The van der Waals surface area contributed by atoms with Crippen LogP contribution in [0.3, 0.4) is 0 Å². The summed E-state index contributed by atoms with van der Waals surface area (Å²) in [4.78, 5) is 28.0. The lowest BCUT2D eigenvalue weighted by molar-refractivity contribution is -0.141. The van der Waals surface area contributed by atoms with E-state index in [4.69, 9.17) is 23.2 Å². The van der Waals surface area contributed by atoms with Gasteiger partial charge in [-0.25, -0.2) is 8.42 Å². The van der Waals surface area contributed by atoms with E-state index in [1.165, 1.54) is 11.0 Å². The number of benzene rings is 2. The molecule has 2 rings (SSSR count). The third kappa shape index (κ3) is 8.78. The van der Waals surface area contributed by atoms with Gasteiger partial charge >= 0.3 is 6.18 Å². The van der Waals surface area contributed by atoms with Crippen LogP contribution in [-0.2, 0) is 32.3 Å². The van der Waals surface area contributed by atoms with E-state index in [2.05, 4.69) is 5.32 Å². The Labute approximate surface area is 230 Å². The number of amides is 2. The summed E-state index contributed by atoms with van der Waals surface area (Å²) >= 11 is 12.3. The summed E-state index contributed by atoms with van der Waals surface area (Å²) in [5.41, 5.74) is -1.60. The van der Waals surface area contributed by atoms with Crippen LogP contribution in [0.15, 0.2) is 42.5 Å². The highest BCUT2D eigenvalue weighted by atomic mass is 35.5. The number of alkyl halides is 3. The van der Waals surface area contributed by atoms with Crippen LogP contribution in [0.5, 0.6) is 0 Å². The smallest absolute Gasteiger partial charge is 0.350 e. The summed E-state index contributed by atoms with van der Waals surface area (Å²) in [6.07, 6.45) is -3.77. The van der Waals surface area contributed by atoms with E-state index in [1.807, 2.05) is 0 Å². The van der Waals surface area contributed by atoms with Crippen molar-refractivity contribution in [1.29, 1.82) is 0 Å². The van der Waals surface area contributed by atoms with Gasteiger partial charge in [0.25, 0.3) is 0 Å². The summed E-state index contributed by atoms with van der Waals surface area (Å²) < 4.78 is 65.7. The Bertz CT molecular complexity index is 1280. The lowest BCUT2D eigenvalue weighted by Gasteiger charge is -2.34. The Kier molecular flexibility index (Phi) is 10.1. The van der Waals surface area contributed by atoms with Crippen LogP contribution in [0.25, 0.3) is 0 Å². The van der Waals surface area contributed by atoms with E-state index in [0.29, 0.717) is 21.0 Å². The van der Waals surface area contributed by atoms with Crippen LogP contribution in [0, 0.1) is 0 Å². The third-order valence-corrected chi connectivity index (χ3v) is 7.11. The molecule has 210 valence electrons. The summed E-state index contributed by atoms with van der Waals surface area (Å²) in [5, 5.41) is 3.38. The van der Waals surface area contributed by atoms with Crippen LogP contribution in [0.1, 0.15) is 45.2 Å². The van der Waals surface area contributed by atoms with E-state index >= 15 is 0 Å². The molecule has 0 aromatic heterocycles. The zero-order valence-electron chi connectivity index (χ0n) is 21.6. The second-order valence-electron chi connectivity index (χ2n) is 9.74. The maximum atomic E-state index is 13.7. The molecular formula is C25H30Cl2F3N3O4S. The van der Waals surface area contributed by atoms with E-state index in [9.17, 15) is 31.2 Å². The second-order valence-corrected chi connectivity index (χ2v) is 12.5. The summed E-state index contributed by atoms with van der Waals surface area (Å²) in [7, 11) is -4.20. The quantitative estimate of drug-likeness (QED) is 0.414. The van der Waals surface area contributed by atoms with Gasteiger partial charge in [0, 0.05) is 22.1 Å². The van der Waals surface area contributed by atoms with E-state index in [-0.39, 0.29) is 23.7 Å². The number of hydrogen-bond acceptors (Lipinski definition) is 4. The fourth-order valence-corrected chi connectivity index (χ4v) is 4.97. The van der Waals surface area contributed by atoms with Gasteiger partial charge in [0.15, 0.2) is 0 Å². The molecule has 1 atom stereocenters. The van der Waals surface area contributed by atoms with E-state index in [0.717, 1.165) is 24.5 Å². The molecule has 0 aliphatic heterocycles. The van der Waals surface area contributed by atoms with Crippen molar-refractivity contribution < 1.29 is 31.2 Å². The summed E-state index contributed by atoms with van der Waals surface area (Å²) in [6, 6.07) is 7.21. The lowest BCUT2D eigenvalue weighted by Crippen LogP contribution is -2.55. The monoisotopic (exact) mass is 595 g/mol. The molecule has 0 aliphatic carbocycles. The molecular weight excluding hydrogens is 566 g/mol. The molecule has 0 fully saturated rings. The first kappa shape index (κ1) is 31.7. The van der Waals surface area contributed by atoms with Crippen molar-refractivity contribution in [1.82, 2.24) is 10.2 Å². The fourth-order valence-electron chi connectivity index (χ4n) is 3.66. The van der Waals surface area contributed by atoms with Gasteiger partial charge in [0.05, 0.1) is 17.5 Å². The molecule has 0 saturated carbocycles. The molecule has 2 aromatic rings. The number of halogens is 5. The molecule has 0 aliphatic rings. The number of hydrogen-bond donors (Lipinski definition) is 1. The van der Waals surface area contributed by atoms with Crippen LogP contribution in [0.2, 0.25) is 10.0 Å². The molecule has 2 aromatic carbocycles. The van der Waals surface area contributed by atoms with Gasteiger partial charge in [-0.3, -0.25) is 13.9 Å². The number of carbonyl (C=O) groups is 2. The highest BCUT2D eigenvalue weighted by molar-refractivity contribution is 7.92. The van der Waals surface area contributed by atoms with Gasteiger partial charge in [-0.15, -0.1) is 0 Å². The van der Waals surface area contributed by atoms with Gasteiger partial charge in [0.1, 0.15) is 12.6 Å². The first-order chi connectivity index (χ1) is 17.3. The molecule has 38 heavy (non-hydrogen) atoms. The number of carbonyl (C=O) groups excluding carboxylic acids is 2. The molecule has 0 radical (unpaired) electrons. The zero-order chi connectivity index (χ0) is 29.1. The lowest BCUT2D eigenvalue weighted by atomic mass is 10.1. The average molecular weight is 596 g/mol. The normalized spacial score (nSPS) is 13.1. The Morgan fingerprint density at radius 1 is 1.05 bits per heavy atom. The van der Waals surface area contributed by atoms with Crippen molar-refractivity contribution in [3.63, 3.8) is 0 Å². The van der Waals surface area contributed by atoms with Crippen LogP contribution in [-0.4, -0.2) is 49.5 Å². The van der Waals surface area contributed by atoms with Gasteiger partial charge in [0.2, 0.25) is 21.8 Å². The number of anilines is 1. The van der Waals surface area contributed by atoms with Crippen molar-refractivity contribution in [2.75, 3.05) is 17.1 Å². The average Bonchev–Trinajstić information content (AvgIpc) is 2.76. The van der Waals surface area contributed by atoms with E-state index in [1.54, 1.807) is 39.8 Å². The Morgan fingerprint density at radius 3 is 2.18 bits per heavy atom. The van der Waals surface area contributed by atoms with Crippen molar-refractivity contribution in [2.45, 2.75) is 58.4 Å². The Balaban J connectivity index is 2.55. The second kappa shape index (κ2) is 12.1. The summed E-state index contributed by atoms with van der Waals surface area (Å²) in [6.45, 7) is 5.95. The molecule has 0 saturated heterocycles. The van der Waals surface area contributed by atoms with Crippen LogP contribution in [0.4, 0.5) is 18.9 Å². The van der Waals surface area contributed by atoms with Crippen molar-refractivity contribution in [3.05, 3.63) is 63.6 Å². The minimum absolute atomic E-state index is 0.168. The number of nitrogens with zero attached hydrogens (tertiary/aromatic N) is 2. The standard InChI is InChI=1S/C25H30Cl2F3N3O4S/c1-6-21(23(35)31-24(2,3)4)32(14-16-10-11-18(26)13-20(16)27)22(34)15-33(38(5,36)37)19-9-7-8-17(12-19)25(28,29)30/h7-13,21H,6,14-15H2,1-5H3,(H,31,35). The SMILES string of the molecule is CCC(C(=O)NC(C)(C)C)N(Cc1ccc(Cl)cc1Cl)C(=O)CN(c1cccc(C(F)(F)F)c1)S(C)(=O)=O. The molecule has 1 N–H and O–H groups in total. The number of sulfonamides is 1. The molecule has 0 heterocycles. The molecule has 0 spiro atoms. The zero-order valence-corrected chi connectivity index (χ0v) is 23.9. The molecule has 0 bridgehead atoms. The largest absolute Gasteiger partial charge is 0.416 e. The highest BCUT2D eigenvalue weighted by Crippen LogP contribution is 2.32. The minimum atomic E-state index is -4.72. The minimum Gasteiger partial charge on any atom is -0.350 e. The fraction of sp³-hybridized carbons (Fsp3) is 0.440. The van der Waals surface area contributed by atoms with Crippen LogP contribution >= 0.6 is 23.2 Å². The molecule has 7 nitrogen and oxygen atoms in total. The highest BCUT2D eigenvalue weighted by Gasteiger charge is 2.35. The Hall–Kier alpha value is -2.50. The van der Waals surface area contributed by atoms with Crippen molar-refractivity contribution in [3.8, 4) is 0 Å². The first-order valence-corrected chi connectivity index (χ1v) is 14.1. The van der Waals surface area contributed by atoms with Gasteiger partial charge in [-0.2, -0.15) is 13.2 Å². The number of nitrogens with one attached hydrogen (secondary N) is 1. The number of rotatable bonds is 9. The van der Waals surface area contributed by atoms with E-state index < -0.39 is 51.7 Å². The maximum absolute atomic E-state index is 13.7. The van der Waals surface area contributed by atoms with Crippen molar-refractivity contribution in [2.24, 2.45) is 0 Å². The van der Waals surface area contributed by atoms with Gasteiger partial charge in [-0.1, -0.05) is 42.3 Å². The predicted molar refractivity (Wildman–Crippen MR) is 143 cm³/mol. The maximum Gasteiger partial charge on any atom is 0.416 e. The molecule has 13 heteroatoms. The van der Waals surface area contributed by atoms with Gasteiger partial charge < -0.3 is 10.2 Å².